The van der Waals surface area contributed by atoms with Crippen LogP contribution < -0.4 is 10.2 Å². The lowest BCUT2D eigenvalue weighted by Gasteiger charge is -2.19. The Balaban J connectivity index is 2.42. The summed E-state index contributed by atoms with van der Waals surface area (Å²) in [5.74, 6) is -0.0692. The van der Waals surface area contributed by atoms with Crippen LogP contribution in [0.3, 0.4) is 0 Å². The number of nitrogens with one attached hydrogen (secondary N) is 1. The fourth-order valence-electron chi connectivity index (χ4n) is 2.82. The van der Waals surface area contributed by atoms with Crippen molar-refractivity contribution in [3.63, 3.8) is 0 Å². The Bertz CT molecular complexity index is 456. The number of rotatable bonds is 3. The molecule has 0 saturated carbocycles. The van der Waals surface area contributed by atoms with Gasteiger partial charge in [-0.2, -0.15) is 13.2 Å². The third kappa shape index (κ3) is 2.71. The Morgan fingerprint density at radius 2 is 2.11 bits per heavy atom. The van der Waals surface area contributed by atoms with Crippen molar-refractivity contribution in [2.75, 3.05) is 25.5 Å². The second-order valence-electron chi connectivity index (χ2n) is 5.24. The summed E-state index contributed by atoms with van der Waals surface area (Å²) in [6, 6.07) is 4.65. The van der Waals surface area contributed by atoms with Gasteiger partial charge in [0.2, 0.25) is 0 Å². The number of fused-ring (bicyclic) bond motifs is 1. The van der Waals surface area contributed by atoms with Crippen LogP contribution in [-0.4, -0.2) is 26.7 Å². The molecule has 1 aliphatic rings. The summed E-state index contributed by atoms with van der Waals surface area (Å²) >= 11 is 0. The lowest BCUT2D eigenvalue weighted by atomic mass is 9.90. The van der Waals surface area contributed by atoms with E-state index in [0.29, 0.717) is 24.2 Å². The second-order valence-corrected chi connectivity index (χ2v) is 5.24. The minimum atomic E-state index is -4.28. The third-order valence-electron chi connectivity index (χ3n) is 3.83. The van der Waals surface area contributed by atoms with Crippen molar-refractivity contribution in [1.82, 2.24) is 5.32 Å². The summed E-state index contributed by atoms with van der Waals surface area (Å²) < 4.78 is 39.4. The summed E-state index contributed by atoms with van der Waals surface area (Å²) in [7, 11) is 3.68. The lowest BCUT2D eigenvalue weighted by molar-refractivity contribution is -0.138. The molecule has 19 heavy (non-hydrogen) atoms. The first kappa shape index (κ1) is 14.2. The smallest absolute Gasteiger partial charge is 0.374 e. The highest BCUT2D eigenvalue weighted by Gasteiger charge is 2.39. The zero-order valence-corrected chi connectivity index (χ0v) is 11.4. The molecule has 106 valence electrons. The SMILES string of the molecule is CNC(C)CC1CN(C)c2cccc(C(F)(F)F)c21. The highest BCUT2D eigenvalue weighted by Crippen LogP contribution is 2.45. The molecular weight excluding hydrogens is 253 g/mol. The topological polar surface area (TPSA) is 15.3 Å². The van der Waals surface area contributed by atoms with Crippen LogP contribution in [0.15, 0.2) is 18.2 Å². The van der Waals surface area contributed by atoms with E-state index in [4.69, 9.17) is 0 Å². The molecule has 2 unspecified atom stereocenters. The molecule has 5 heteroatoms. The van der Waals surface area contributed by atoms with Crippen molar-refractivity contribution >= 4 is 5.69 Å². The Morgan fingerprint density at radius 3 is 2.68 bits per heavy atom. The average molecular weight is 272 g/mol. The molecule has 0 aromatic heterocycles. The number of hydrogen-bond acceptors (Lipinski definition) is 2. The highest BCUT2D eigenvalue weighted by molar-refractivity contribution is 5.63. The fourth-order valence-corrected chi connectivity index (χ4v) is 2.82. The molecular formula is C14H19F3N2. The first-order valence-corrected chi connectivity index (χ1v) is 6.43. The van der Waals surface area contributed by atoms with Crippen LogP contribution in [-0.2, 0) is 6.18 Å². The molecule has 1 aliphatic heterocycles. The minimum Gasteiger partial charge on any atom is -0.374 e. The largest absolute Gasteiger partial charge is 0.416 e. The molecule has 2 rings (SSSR count). The Kier molecular flexibility index (Phi) is 3.76. The van der Waals surface area contributed by atoms with E-state index in [1.807, 2.05) is 25.9 Å². The molecule has 0 radical (unpaired) electrons. The van der Waals surface area contributed by atoms with Gasteiger partial charge in [0.1, 0.15) is 0 Å². The Labute approximate surface area is 111 Å². The summed E-state index contributed by atoms with van der Waals surface area (Å²) in [5.41, 5.74) is 0.686. The van der Waals surface area contributed by atoms with E-state index in [1.54, 1.807) is 6.07 Å². The maximum Gasteiger partial charge on any atom is 0.416 e. The first-order chi connectivity index (χ1) is 8.84. The molecule has 0 amide bonds. The molecule has 1 aromatic rings. The van der Waals surface area contributed by atoms with E-state index < -0.39 is 11.7 Å². The number of likely N-dealkylation sites (N-methyl/N-ethyl adjacent to an activating group) is 1. The van der Waals surface area contributed by atoms with Gasteiger partial charge in [-0.3, -0.25) is 0 Å². The van der Waals surface area contributed by atoms with Crippen molar-refractivity contribution < 1.29 is 13.2 Å². The predicted molar refractivity (Wildman–Crippen MR) is 70.6 cm³/mol. The molecule has 1 N–H and O–H groups in total. The van der Waals surface area contributed by atoms with Crippen LogP contribution in [0.4, 0.5) is 18.9 Å². The van der Waals surface area contributed by atoms with E-state index >= 15 is 0 Å². The van der Waals surface area contributed by atoms with E-state index in [-0.39, 0.29) is 12.0 Å². The van der Waals surface area contributed by atoms with Gasteiger partial charge in [-0.25, -0.2) is 0 Å². The van der Waals surface area contributed by atoms with Crippen LogP contribution >= 0.6 is 0 Å². The number of hydrogen-bond donors (Lipinski definition) is 1. The summed E-state index contributed by atoms with van der Waals surface area (Å²) in [6.45, 7) is 2.64. The van der Waals surface area contributed by atoms with E-state index in [2.05, 4.69) is 5.32 Å². The molecule has 0 fully saturated rings. The van der Waals surface area contributed by atoms with Crippen LogP contribution in [0, 0.1) is 0 Å². The van der Waals surface area contributed by atoms with Gasteiger partial charge >= 0.3 is 6.18 Å². The van der Waals surface area contributed by atoms with Gasteiger partial charge < -0.3 is 10.2 Å². The molecule has 1 aromatic carbocycles. The molecule has 0 spiro atoms. The molecule has 0 aliphatic carbocycles. The first-order valence-electron chi connectivity index (χ1n) is 6.43. The van der Waals surface area contributed by atoms with Crippen molar-refractivity contribution in [2.45, 2.75) is 31.5 Å². The molecule has 0 saturated heterocycles. The number of benzene rings is 1. The summed E-state index contributed by atoms with van der Waals surface area (Å²) in [6.07, 6.45) is -3.57. The van der Waals surface area contributed by atoms with Crippen molar-refractivity contribution in [3.05, 3.63) is 29.3 Å². The number of alkyl halides is 3. The van der Waals surface area contributed by atoms with E-state index in [0.717, 1.165) is 0 Å². The standard InChI is InChI=1S/C14H19F3N2/c1-9(18-2)7-10-8-19(3)12-6-4-5-11(13(10)12)14(15,16)17/h4-6,9-10,18H,7-8H2,1-3H3. The van der Waals surface area contributed by atoms with Crippen molar-refractivity contribution in [3.8, 4) is 0 Å². The Morgan fingerprint density at radius 1 is 1.42 bits per heavy atom. The maximum atomic E-state index is 13.1. The van der Waals surface area contributed by atoms with Gasteiger partial charge in [0.05, 0.1) is 5.56 Å². The molecule has 0 bridgehead atoms. The summed E-state index contributed by atoms with van der Waals surface area (Å²) in [4.78, 5) is 1.91. The van der Waals surface area contributed by atoms with Crippen molar-refractivity contribution in [2.24, 2.45) is 0 Å². The van der Waals surface area contributed by atoms with Gasteiger partial charge in [0, 0.05) is 31.2 Å². The lowest BCUT2D eigenvalue weighted by Crippen LogP contribution is -2.26. The Hall–Kier alpha value is -1.23. The van der Waals surface area contributed by atoms with E-state index in [1.165, 1.54) is 12.1 Å². The highest BCUT2D eigenvalue weighted by atomic mass is 19.4. The van der Waals surface area contributed by atoms with Gasteiger partial charge in [-0.1, -0.05) is 6.07 Å². The summed E-state index contributed by atoms with van der Waals surface area (Å²) in [5, 5.41) is 3.10. The predicted octanol–water partition coefficient (Wildman–Crippen LogP) is 3.24. The van der Waals surface area contributed by atoms with Gasteiger partial charge in [-0.05, 0) is 38.1 Å². The van der Waals surface area contributed by atoms with Crippen LogP contribution in [0.1, 0.15) is 30.4 Å². The average Bonchev–Trinajstić information content (AvgIpc) is 2.65. The maximum absolute atomic E-state index is 13.1. The number of nitrogens with zero attached hydrogens (tertiary/aromatic N) is 1. The third-order valence-corrected chi connectivity index (χ3v) is 3.83. The zero-order chi connectivity index (χ0) is 14.2. The second kappa shape index (κ2) is 5.04. The number of anilines is 1. The van der Waals surface area contributed by atoms with Crippen LogP contribution in [0.5, 0.6) is 0 Å². The monoisotopic (exact) mass is 272 g/mol. The van der Waals surface area contributed by atoms with Crippen molar-refractivity contribution in [1.29, 1.82) is 0 Å². The number of halogens is 3. The van der Waals surface area contributed by atoms with Gasteiger partial charge in [0.25, 0.3) is 0 Å². The molecule has 2 atom stereocenters. The minimum absolute atomic E-state index is 0.0692. The quantitative estimate of drug-likeness (QED) is 0.908. The molecule has 2 nitrogen and oxygen atoms in total. The fraction of sp³-hybridized carbons (Fsp3) is 0.571. The normalized spacial score (nSPS) is 20.5. The zero-order valence-electron chi connectivity index (χ0n) is 11.4. The molecule has 1 heterocycles. The van der Waals surface area contributed by atoms with Crippen LogP contribution in [0.2, 0.25) is 0 Å². The van der Waals surface area contributed by atoms with Gasteiger partial charge in [-0.15, -0.1) is 0 Å². The van der Waals surface area contributed by atoms with E-state index in [9.17, 15) is 13.2 Å². The van der Waals surface area contributed by atoms with Gasteiger partial charge in [0.15, 0.2) is 0 Å². The van der Waals surface area contributed by atoms with Crippen LogP contribution in [0.25, 0.3) is 0 Å².